The smallest absolute Gasteiger partial charge is 0.167 e. The van der Waals surface area contributed by atoms with Gasteiger partial charge in [-0.2, -0.15) is 0 Å². The van der Waals surface area contributed by atoms with Gasteiger partial charge in [0.2, 0.25) is 0 Å². The molecule has 0 aliphatic carbocycles. The van der Waals surface area contributed by atoms with Crippen molar-refractivity contribution in [3.05, 3.63) is 42.5 Å². The molecular formula is C18H21N5O6. The van der Waals surface area contributed by atoms with Gasteiger partial charge < -0.3 is 25.4 Å². The van der Waals surface area contributed by atoms with Crippen LogP contribution in [0, 0.1) is 0 Å². The fraction of sp³-hybridized carbons (Fsp3) is 0.389. The van der Waals surface area contributed by atoms with Crippen LogP contribution >= 0.6 is 0 Å². The van der Waals surface area contributed by atoms with Crippen molar-refractivity contribution >= 4 is 17.0 Å². The Kier molecular flexibility index (Phi) is 5.56. The Morgan fingerprint density at radius 3 is 2.66 bits per heavy atom. The van der Waals surface area contributed by atoms with Crippen LogP contribution in [-0.2, 0) is 21.1 Å². The lowest BCUT2D eigenvalue weighted by molar-refractivity contribution is -0.318. The molecule has 3 heterocycles. The van der Waals surface area contributed by atoms with Gasteiger partial charge >= 0.3 is 0 Å². The van der Waals surface area contributed by atoms with Crippen LogP contribution < -0.4 is 10.5 Å². The number of nitrogens with zero attached hydrogens (tertiary/aromatic N) is 4. The highest BCUT2D eigenvalue weighted by Gasteiger charge is 2.44. The van der Waals surface area contributed by atoms with Gasteiger partial charge in [0.25, 0.3) is 0 Å². The van der Waals surface area contributed by atoms with Crippen molar-refractivity contribution in [2.45, 2.75) is 31.1 Å². The van der Waals surface area contributed by atoms with Crippen molar-refractivity contribution in [1.82, 2.24) is 19.5 Å². The van der Waals surface area contributed by atoms with E-state index in [1.165, 1.54) is 17.2 Å². The van der Waals surface area contributed by atoms with Crippen molar-refractivity contribution in [3.63, 3.8) is 0 Å². The van der Waals surface area contributed by atoms with Crippen LogP contribution in [0.15, 0.2) is 36.9 Å². The molecule has 4 rings (SSSR count). The number of nitrogen functional groups attached to an aromatic ring is 1. The third-order valence-electron chi connectivity index (χ3n) is 4.70. The Morgan fingerprint density at radius 2 is 1.90 bits per heavy atom. The van der Waals surface area contributed by atoms with E-state index in [9.17, 15) is 10.2 Å². The number of aromatic nitrogens is 4. The first kappa shape index (κ1) is 19.5. The van der Waals surface area contributed by atoms with E-state index >= 15 is 0 Å². The minimum atomic E-state index is -1.21. The summed E-state index contributed by atoms with van der Waals surface area (Å²) < 4.78 is 12.4. The lowest BCUT2D eigenvalue weighted by Crippen LogP contribution is -2.33. The molecular weight excluding hydrogens is 382 g/mol. The van der Waals surface area contributed by atoms with Gasteiger partial charge in [-0.25, -0.2) is 24.7 Å². The molecule has 0 saturated carbocycles. The minimum Gasteiger partial charge on any atom is -0.497 e. The first-order valence-corrected chi connectivity index (χ1v) is 8.90. The van der Waals surface area contributed by atoms with E-state index in [4.69, 9.17) is 25.0 Å². The summed E-state index contributed by atoms with van der Waals surface area (Å²) in [7, 11) is 1.59. The summed E-state index contributed by atoms with van der Waals surface area (Å²) >= 11 is 0. The number of fused-ring (bicyclic) bond motifs is 1. The molecule has 2 aromatic heterocycles. The van der Waals surface area contributed by atoms with Gasteiger partial charge in [0, 0.05) is 0 Å². The van der Waals surface area contributed by atoms with E-state index in [1.54, 1.807) is 7.11 Å². The lowest BCUT2D eigenvalue weighted by atomic mass is 10.1. The molecule has 1 fully saturated rings. The molecule has 29 heavy (non-hydrogen) atoms. The first-order valence-electron chi connectivity index (χ1n) is 8.90. The highest BCUT2D eigenvalue weighted by Crippen LogP contribution is 2.32. The third kappa shape index (κ3) is 3.86. The van der Waals surface area contributed by atoms with E-state index in [-0.39, 0.29) is 19.0 Å². The number of anilines is 1. The van der Waals surface area contributed by atoms with Crippen LogP contribution in [-0.4, -0.2) is 61.8 Å². The maximum atomic E-state index is 10.4. The molecule has 11 nitrogen and oxygen atoms in total. The first-order chi connectivity index (χ1) is 14.1. The molecule has 0 bridgehead atoms. The summed E-state index contributed by atoms with van der Waals surface area (Å²) in [4.78, 5) is 22.5. The van der Waals surface area contributed by atoms with Crippen LogP contribution in [0.1, 0.15) is 11.8 Å². The van der Waals surface area contributed by atoms with Gasteiger partial charge in [0.1, 0.15) is 49.1 Å². The quantitative estimate of drug-likeness (QED) is 0.284. The summed E-state index contributed by atoms with van der Waals surface area (Å²) in [5.74, 6) is 0.963. The summed E-state index contributed by atoms with van der Waals surface area (Å²) in [6.07, 6.45) is -1.37. The Morgan fingerprint density at radius 1 is 1.10 bits per heavy atom. The third-order valence-corrected chi connectivity index (χ3v) is 4.70. The van der Waals surface area contributed by atoms with Crippen LogP contribution in [0.3, 0.4) is 0 Å². The fourth-order valence-electron chi connectivity index (χ4n) is 3.10. The molecule has 1 aliphatic rings. The number of rotatable bonds is 7. The van der Waals surface area contributed by atoms with Gasteiger partial charge in [0.05, 0.1) is 13.4 Å². The van der Waals surface area contributed by atoms with Gasteiger partial charge in [0.15, 0.2) is 17.7 Å². The second kappa shape index (κ2) is 8.27. The van der Waals surface area contributed by atoms with Crippen molar-refractivity contribution in [1.29, 1.82) is 0 Å². The molecule has 1 saturated heterocycles. The van der Waals surface area contributed by atoms with Gasteiger partial charge in [-0.3, -0.25) is 4.57 Å². The number of aliphatic hydroxyl groups is 2. The second-order valence-electron chi connectivity index (χ2n) is 6.52. The SMILES string of the molecule is COc1ccc(COOC[C@H]2O[C@@H](n3cnc4c(N)ncnc43)[C@H](O)[C@@H]2O)cc1. The van der Waals surface area contributed by atoms with Crippen molar-refractivity contribution in [2.24, 2.45) is 0 Å². The van der Waals surface area contributed by atoms with E-state index in [0.29, 0.717) is 11.2 Å². The summed E-state index contributed by atoms with van der Waals surface area (Å²) in [5.41, 5.74) is 7.45. The molecule has 0 amide bonds. The standard InChI is InChI=1S/C18H21N5O6/c1-26-11-4-2-10(3-5-11)6-27-28-7-12-14(24)15(25)18(29-12)23-9-22-13-16(19)20-8-21-17(13)23/h2-5,8-9,12,14-15,18,24-25H,6-7H2,1H3,(H2,19,20,21)/t12-,14-,15-,18-/m1/s1. The van der Waals surface area contributed by atoms with E-state index < -0.39 is 24.5 Å². The molecule has 0 radical (unpaired) electrons. The number of benzene rings is 1. The Bertz CT molecular complexity index is 965. The predicted molar refractivity (Wildman–Crippen MR) is 99.4 cm³/mol. The zero-order chi connectivity index (χ0) is 20.4. The molecule has 1 aromatic carbocycles. The molecule has 154 valence electrons. The molecule has 4 N–H and O–H groups in total. The second-order valence-corrected chi connectivity index (χ2v) is 6.52. The van der Waals surface area contributed by atoms with E-state index in [0.717, 1.165) is 11.3 Å². The van der Waals surface area contributed by atoms with Gasteiger partial charge in [-0.15, -0.1) is 0 Å². The number of imidazole rings is 1. The Hall–Kier alpha value is -2.83. The van der Waals surface area contributed by atoms with Crippen molar-refractivity contribution < 1.29 is 29.5 Å². The number of hydrogen-bond acceptors (Lipinski definition) is 10. The number of nitrogens with two attached hydrogens (primary N) is 1. The maximum absolute atomic E-state index is 10.4. The summed E-state index contributed by atoms with van der Waals surface area (Å²) in [6, 6.07) is 7.33. The van der Waals surface area contributed by atoms with Crippen LogP contribution in [0.2, 0.25) is 0 Å². The molecule has 3 aromatic rings. The van der Waals surface area contributed by atoms with Crippen molar-refractivity contribution in [3.8, 4) is 5.75 Å². The average Bonchev–Trinajstić information content (AvgIpc) is 3.29. The molecule has 11 heteroatoms. The average molecular weight is 403 g/mol. The topological polar surface area (TPSA) is 147 Å². The number of hydrogen-bond donors (Lipinski definition) is 3. The zero-order valence-corrected chi connectivity index (χ0v) is 15.6. The molecule has 4 atom stereocenters. The highest BCUT2D eigenvalue weighted by molar-refractivity contribution is 5.81. The highest BCUT2D eigenvalue weighted by atomic mass is 17.2. The Balaban J connectivity index is 1.35. The van der Waals surface area contributed by atoms with Crippen LogP contribution in [0.4, 0.5) is 5.82 Å². The zero-order valence-electron chi connectivity index (χ0n) is 15.6. The predicted octanol–water partition coefficient (Wildman–Crippen LogP) is 0.185. The molecule has 0 spiro atoms. The Labute approximate surface area is 165 Å². The van der Waals surface area contributed by atoms with E-state index in [2.05, 4.69) is 15.0 Å². The normalized spacial score (nSPS) is 24.2. The van der Waals surface area contributed by atoms with Crippen molar-refractivity contribution in [2.75, 3.05) is 19.5 Å². The number of methoxy groups -OCH3 is 1. The molecule has 1 aliphatic heterocycles. The van der Waals surface area contributed by atoms with Crippen LogP contribution in [0.5, 0.6) is 5.75 Å². The maximum Gasteiger partial charge on any atom is 0.167 e. The lowest BCUT2D eigenvalue weighted by Gasteiger charge is -2.16. The van der Waals surface area contributed by atoms with Gasteiger partial charge in [-0.05, 0) is 17.7 Å². The largest absolute Gasteiger partial charge is 0.497 e. The number of aliphatic hydroxyl groups excluding tert-OH is 2. The monoisotopic (exact) mass is 403 g/mol. The van der Waals surface area contributed by atoms with Gasteiger partial charge in [-0.1, -0.05) is 12.1 Å². The summed E-state index contributed by atoms with van der Waals surface area (Å²) in [5, 5.41) is 20.7. The number of ether oxygens (including phenoxy) is 2. The minimum absolute atomic E-state index is 0.0748. The molecule has 0 unspecified atom stereocenters. The fourth-order valence-corrected chi connectivity index (χ4v) is 3.10. The van der Waals surface area contributed by atoms with Crippen LogP contribution in [0.25, 0.3) is 11.2 Å². The summed E-state index contributed by atoms with van der Waals surface area (Å²) in [6.45, 7) is 0.135. The van der Waals surface area contributed by atoms with E-state index in [1.807, 2.05) is 24.3 Å².